The molecule has 42 heavy (non-hydrogen) atoms. The van der Waals surface area contributed by atoms with Crippen molar-refractivity contribution in [1.29, 1.82) is 0 Å². The largest absolute Gasteiger partial charge is 0.400 e. The van der Waals surface area contributed by atoms with Gasteiger partial charge in [0, 0.05) is 46.0 Å². The summed E-state index contributed by atoms with van der Waals surface area (Å²) >= 11 is 0. The first-order valence-corrected chi connectivity index (χ1v) is 16.7. The smallest absolute Gasteiger partial charge is 0.261 e. The third kappa shape index (κ3) is 5.89. The fraction of sp³-hybridized carbons (Fsp3) is 0.455. The molecule has 0 aliphatic carbocycles. The monoisotopic (exact) mass is 588 g/mol. The number of methoxy groups -OCH3 is 2. The van der Waals surface area contributed by atoms with Crippen LogP contribution >= 0.6 is 0 Å². The molecule has 1 unspecified atom stereocenters. The van der Waals surface area contributed by atoms with Gasteiger partial charge < -0.3 is 24.1 Å². The van der Waals surface area contributed by atoms with Gasteiger partial charge in [0.05, 0.1) is 12.6 Å². The van der Waals surface area contributed by atoms with Gasteiger partial charge in [-0.25, -0.2) is 4.98 Å². The van der Waals surface area contributed by atoms with E-state index < -0.39 is 14.6 Å². The maximum absolute atomic E-state index is 13.0. The number of hydrogen-bond acceptors (Lipinski definition) is 7. The molecule has 3 aromatic rings. The van der Waals surface area contributed by atoms with E-state index in [1.54, 1.807) is 14.2 Å². The van der Waals surface area contributed by atoms with Crippen LogP contribution in [0.4, 0.5) is 5.82 Å². The van der Waals surface area contributed by atoms with E-state index in [1.165, 1.54) is 10.4 Å². The van der Waals surface area contributed by atoms with Crippen molar-refractivity contribution in [2.75, 3.05) is 52.8 Å². The molecule has 1 aromatic heterocycles. The molecular weight excluding hydrogens is 544 g/mol. The molecule has 3 heterocycles. The van der Waals surface area contributed by atoms with Crippen molar-refractivity contribution in [2.45, 2.75) is 51.2 Å². The lowest BCUT2D eigenvalue weighted by atomic mass is 9.99. The van der Waals surface area contributed by atoms with Crippen molar-refractivity contribution < 1.29 is 18.7 Å². The quantitative estimate of drug-likeness (QED) is 0.298. The highest BCUT2D eigenvalue weighted by atomic mass is 28.4. The van der Waals surface area contributed by atoms with Crippen molar-refractivity contribution in [3.63, 3.8) is 0 Å². The van der Waals surface area contributed by atoms with Gasteiger partial charge in [0.25, 0.3) is 8.32 Å². The zero-order valence-electron chi connectivity index (χ0n) is 25.7. The van der Waals surface area contributed by atoms with Gasteiger partial charge in [-0.2, -0.15) is 0 Å². The number of carbonyl (C=O) groups is 1. The lowest BCUT2D eigenvalue weighted by Crippen LogP contribution is -2.67. The summed E-state index contributed by atoms with van der Waals surface area (Å²) in [5.41, 5.74) is 2.62. The van der Waals surface area contributed by atoms with Crippen LogP contribution in [0.1, 0.15) is 56.4 Å². The average Bonchev–Trinajstić information content (AvgIpc) is 2.98. The minimum absolute atomic E-state index is 0.108. The molecule has 2 aliphatic heterocycles. The summed E-state index contributed by atoms with van der Waals surface area (Å²) < 4.78 is 18.9. The number of amides is 1. The normalized spacial score (nSPS) is 18.2. The molecule has 1 fully saturated rings. The van der Waals surface area contributed by atoms with E-state index in [1.807, 2.05) is 11.9 Å². The van der Waals surface area contributed by atoms with Crippen LogP contribution in [-0.2, 0) is 25.2 Å². The van der Waals surface area contributed by atoms with Crippen LogP contribution in [0, 0.1) is 0 Å². The minimum Gasteiger partial charge on any atom is -0.400 e. The number of nitrogens with zero attached hydrogens (tertiary/aromatic N) is 3. The van der Waals surface area contributed by atoms with Crippen molar-refractivity contribution in [3.05, 3.63) is 83.6 Å². The second-order valence-corrected chi connectivity index (χ2v) is 16.6. The van der Waals surface area contributed by atoms with Crippen LogP contribution in [0.2, 0.25) is 5.04 Å². The summed E-state index contributed by atoms with van der Waals surface area (Å²) in [6.07, 6.45) is -0.0177. The summed E-state index contributed by atoms with van der Waals surface area (Å²) in [7, 11) is 2.40. The summed E-state index contributed by atoms with van der Waals surface area (Å²) in [4.78, 5) is 22.0. The van der Waals surface area contributed by atoms with Crippen molar-refractivity contribution >= 4 is 30.4 Å². The fourth-order valence-corrected chi connectivity index (χ4v) is 11.0. The van der Waals surface area contributed by atoms with Gasteiger partial charge in [-0.1, -0.05) is 81.4 Å². The molecule has 0 saturated carbocycles. The number of pyridine rings is 1. The van der Waals surface area contributed by atoms with Crippen LogP contribution in [0.15, 0.2) is 66.7 Å². The molecule has 9 heteroatoms. The summed E-state index contributed by atoms with van der Waals surface area (Å²) in [5.74, 6) is 0.892. The van der Waals surface area contributed by atoms with Crippen LogP contribution in [0.3, 0.4) is 0 Å². The number of likely N-dealkylation sites (N-methyl/N-ethyl adjacent to an activating group) is 1. The number of nitrogens with one attached hydrogen (secondary N) is 1. The highest BCUT2D eigenvalue weighted by molar-refractivity contribution is 6.99. The molecular formula is C33H44N4O4Si. The van der Waals surface area contributed by atoms with Crippen LogP contribution in [-0.4, -0.2) is 76.5 Å². The number of fused-ring (bicyclic) bond motifs is 1. The molecule has 1 atom stereocenters. The molecule has 1 saturated heterocycles. The van der Waals surface area contributed by atoms with Crippen molar-refractivity contribution in [1.82, 2.24) is 14.8 Å². The molecule has 5 rings (SSSR count). The van der Waals surface area contributed by atoms with Gasteiger partial charge in [-0.15, -0.1) is 0 Å². The maximum atomic E-state index is 13.0. The Morgan fingerprint density at radius 1 is 1.00 bits per heavy atom. The third-order valence-corrected chi connectivity index (χ3v) is 13.5. The van der Waals surface area contributed by atoms with Gasteiger partial charge in [0.15, 0.2) is 0 Å². The Morgan fingerprint density at radius 2 is 1.62 bits per heavy atom. The fourth-order valence-electron chi connectivity index (χ4n) is 6.33. The Bertz CT molecular complexity index is 1320. The highest BCUT2D eigenvalue weighted by Gasteiger charge is 2.52. The zero-order chi connectivity index (χ0) is 29.9. The van der Waals surface area contributed by atoms with E-state index in [4.69, 9.17) is 18.9 Å². The number of ether oxygens (including phenoxy) is 2. The zero-order valence-corrected chi connectivity index (χ0v) is 26.7. The van der Waals surface area contributed by atoms with E-state index >= 15 is 0 Å². The topological polar surface area (TPSA) is 76.2 Å². The number of hydrogen-bond donors (Lipinski definition) is 1. The maximum Gasteiger partial charge on any atom is 0.261 e. The Kier molecular flexibility index (Phi) is 9.15. The second kappa shape index (κ2) is 12.6. The van der Waals surface area contributed by atoms with Gasteiger partial charge in [-0.05, 0) is 40.5 Å². The Balaban J connectivity index is 1.62. The third-order valence-electron chi connectivity index (χ3n) is 8.47. The molecule has 8 nitrogen and oxygen atoms in total. The predicted molar refractivity (Wildman–Crippen MR) is 168 cm³/mol. The van der Waals surface area contributed by atoms with Crippen LogP contribution in [0.25, 0.3) is 0 Å². The highest BCUT2D eigenvalue weighted by Crippen LogP contribution is 2.43. The van der Waals surface area contributed by atoms with E-state index in [0.717, 1.165) is 36.5 Å². The molecule has 0 bridgehead atoms. The van der Waals surface area contributed by atoms with Gasteiger partial charge in [0.2, 0.25) is 12.2 Å². The molecule has 2 aromatic carbocycles. The first-order valence-electron chi connectivity index (χ1n) is 14.8. The predicted octanol–water partition coefficient (Wildman–Crippen LogP) is 4.08. The van der Waals surface area contributed by atoms with E-state index in [9.17, 15) is 4.79 Å². The Hall–Kier alpha value is -3.08. The summed E-state index contributed by atoms with van der Waals surface area (Å²) in [6.45, 7) is 9.99. The Labute approximate surface area is 251 Å². The first kappa shape index (κ1) is 30.4. The van der Waals surface area contributed by atoms with Crippen LogP contribution in [0.5, 0.6) is 0 Å². The van der Waals surface area contributed by atoms with Gasteiger partial charge in [-0.3, -0.25) is 9.69 Å². The van der Waals surface area contributed by atoms with Crippen molar-refractivity contribution in [2.24, 2.45) is 0 Å². The number of benzene rings is 2. The van der Waals surface area contributed by atoms with Crippen LogP contribution < -0.4 is 15.7 Å². The second-order valence-electron chi connectivity index (χ2n) is 12.3. The first-order chi connectivity index (χ1) is 20.2. The molecule has 1 N–H and O–H groups in total. The molecule has 0 radical (unpaired) electrons. The van der Waals surface area contributed by atoms with E-state index in [2.05, 4.69) is 97.7 Å². The number of piperazine rings is 1. The molecule has 224 valence electrons. The van der Waals surface area contributed by atoms with Gasteiger partial charge in [0.1, 0.15) is 11.5 Å². The molecule has 2 aliphatic rings. The average molecular weight is 589 g/mol. The van der Waals surface area contributed by atoms with E-state index in [0.29, 0.717) is 25.3 Å². The van der Waals surface area contributed by atoms with E-state index in [-0.39, 0.29) is 17.0 Å². The summed E-state index contributed by atoms with van der Waals surface area (Å²) in [6, 6.07) is 23.6. The van der Waals surface area contributed by atoms with Gasteiger partial charge >= 0.3 is 0 Å². The Morgan fingerprint density at radius 3 is 2.17 bits per heavy atom. The summed E-state index contributed by atoms with van der Waals surface area (Å²) in [5, 5.41) is 5.85. The number of rotatable bonds is 9. The number of aromatic nitrogens is 1. The lowest BCUT2D eigenvalue weighted by Gasteiger charge is -2.46. The lowest BCUT2D eigenvalue weighted by molar-refractivity contribution is -0.136. The standard InChI is InChI=1S/C33H44N4O4Si/c1-33(2,3)42(25-13-9-7-10-14-25,26-15-11-8-12-16-26)41-28-17-18-34-31-27(28)21-24(30(35-31)32(39-5)40-6)22-37-20-19-36(4)23-29(37)38/h7-16,21,28,32H,17-20,22-23H2,1-6H3,(H,34,35). The SMILES string of the molecule is COC(OC)c1nc2c(cc1CN1CCN(C)CC1=O)C(O[Si](c1ccccc1)(c1ccccc1)C(C)(C)C)CCN2. The minimum atomic E-state index is -2.81. The number of anilines is 1. The molecule has 0 spiro atoms. The molecule has 1 amide bonds. The van der Waals surface area contributed by atoms with Crippen molar-refractivity contribution in [3.8, 4) is 0 Å². The number of carbonyl (C=O) groups excluding carboxylic acids is 1.